The third kappa shape index (κ3) is 1.98. The van der Waals surface area contributed by atoms with Gasteiger partial charge in [0.25, 0.3) is 0 Å². The molecule has 1 nitrogen and oxygen atoms in total. The minimum atomic E-state index is 0. The van der Waals surface area contributed by atoms with Crippen LogP contribution >= 0.6 is 0 Å². The molecule has 1 atom stereocenters. The quantitative estimate of drug-likeness (QED) is 0.524. The molecule has 1 heterocycles. The third-order valence-electron chi connectivity index (χ3n) is 2.14. The molecule has 1 unspecified atom stereocenters. The monoisotopic (exact) mass is 129 g/mol. The lowest BCUT2D eigenvalue weighted by Crippen LogP contribution is -2.23. The van der Waals surface area contributed by atoms with Crippen molar-refractivity contribution >= 4 is 0 Å². The standard InChI is InChI=1S/C7H15N.CH4/c1-3-7-5-4-6-8(7)2;/h7H,3-6H2,1-2H3;1H4. The van der Waals surface area contributed by atoms with Gasteiger partial charge < -0.3 is 4.90 Å². The summed E-state index contributed by atoms with van der Waals surface area (Å²) in [7, 11) is 2.22. The van der Waals surface area contributed by atoms with Crippen LogP contribution in [0.25, 0.3) is 0 Å². The maximum absolute atomic E-state index is 2.46. The van der Waals surface area contributed by atoms with E-state index in [-0.39, 0.29) is 7.43 Å². The molecule has 0 N–H and O–H groups in total. The average molecular weight is 129 g/mol. The maximum atomic E-state index is 2.46. The molecule has 0 amide bonds. The van der Waals surface area contributed by atoms with Gasteiger partial charge in [0.2, 0.25) is 0 Å². The summed E-state index contributed by atoms with van der Waals surface area (Å²) in [5, 5.41) is 0. The Bertz CT molecular complexity index is 71.0. The van der Waals surface area contributed by atoms with Gasteiger partial charge in [0.05, 0.1) is 0 Å². The minimum Gasteiger partial charge on any atom is -0.303 e. The first-order chi connectivity index (χ1) is 3.84. The van der Waals surface area contributed by atoms with Crippen LogP contribution in [0.1, 0.15) is 33.6 Å². The number of hydrogen-bond donors (Lipinski definition) is 0. The van der Waals surface area contributed by atoms with Crippen LogP contribution in [0.3, 0.4) is 0 Å². The fourth-order valence-electron chi connectivity index (χ4n) is 1.50. The van der Waals surface area contributed by atoms with Crippen molar-refractivity contribution in [2.75, 3.05) is 13.6 Å². The van der Waals surface area contributed by atoms with Crippen LogP contribution < -0.4 is 0 Å². The Kier molecular flexibility index (Phi) is 3.87. The summed E-state index contributed by atoms with van der Waals surface area (Å²) < 4.78 is 0. The van der Waals surface area contributed by atoms with Crippen LogP contribution in [0.2, 0.25) is 0 Å². The smallest absolute Gasteiger partial charge is 0.00900 e. The highest BCUT2D eigenvalue weighted by Gasteiger charge is 2.17. The molecule has 0 saturated carbocycles. The molecule has 0 aliphatic carbocycles. The summed E-state index contributed by atoms with van der Waals surface area (Å²) in [6.45, 7) is 3.59. The molecule has 0 aromatic heterocycles. The molecule has 1 aliphatic heterocycles. The topological polar surface area (TPSA) is 3.24 Å². The summed E-state index contributed by atoms with van der Waals surface area (Å²) in [5.74, 6) is 0. The summed E-state index contributed by atoms with van der Waals surface area (Å²) >= 11 is 0. The van der Waals surface area contributed by atoms with E-state index in [1.54, 1.807) is 0 Å². The van der Waals surface area contributed by atoms with Gasteiger partial charge in [-0.05, 0) is 32.9 Å². The molecule has 1 rings (SSSR count). The van der Waals surface area contributed by atoms with Gasteiger partial charge in [0.1, 0.15) is 0 Å². The van der Waals surface area contributed by atoms with E-state index in [0.717, 1.165) is 6.04 Å². The van der Waals surface area contributed by atoms with Crippen LogP contribution in [0.5, 0.6) is 0 Å². The summed E-state index contributed by atoms with van der Waals surface area (Å²) in [6, 6.07) is 0.898. The molecular weight excluding hydrogens is 110 g/mol. The normalized spacial score (nSPS) is 28.0. The van der Waals surface area contributed by atoms with Crippen LogP contribution in [-0.2, 0) is 0 Å². The molecule has 1 fully saturated rings. The Balaban J connectivity index is 0.000000640. The average Bonchev–Trinajstić information content (AvgIpc) is 2.14. The molecule has 0 aromatic rings. The predicted octanol–water partition coefficient (Wildman–Crippen LogP) is 2.13. The Morgan fingerprint density at radius 3 is 2.44 bits per heavy atom. The van der Waals surface area contributed by atoms with E-state index in [4.69, 9.17) is 0 Å². The van der Waals surface area contributed by atoms with Crippen molar-refractivity contribution in [3.05, 3.63) is 0 Å². The van der Waals surface area contributed by atoms with Gasteiger partial charge in [-0.2, -0.15) is 0 Å². The Morgan fingerprint density at radius 1 is 1.56 bits per heavy atom. The largest absolute Gasteiger partial charge is 0.303 e. The van der Waals surface area contributed by atoms with Gasteiger partial charge in [-0.3, -0.25) is 0 Å². The Morgan fingerprint density at radius 2 is 2.22 bits per heavy atom. The van der Waals surface area contributed by atoms with E-state index in [1.807, 2.05) is 0 Å². The van der Waals surface area contributed by atoms with Crippen molar-refractivity contribution in [3.63, 3.8) is 0 Å². The van der Waals surface area contributed by atoms with Crippen LogP contribution in [0, 0.1) is 0 Å². The second-order valence-electron chi connectivity index (χ2n) is 2.68. The van der Waals surface area contributed by atoms with Crippen molar-refractivity contribution in [2.24, 2.45) is 0 Å². The molecule has 0 bridgehead atoms. The lowest BCUT2D eigenvalue weighted by molar-refractivity contribution is 0.304. The zero-order valence-electron chi connectivity index (χ0n) is 5.85. The van der Waals surface area contributed by atoms with Crippen molar-refractivity contribution < 1.29 is 0 Å². The second-order valence-corrected chi connectivity index (χ2v) is 2.68. The number of likely N-dealkylation sites (tertiary alicyclic amines) is 1. The van der Waals surface area contributed by atoms with Gasteiger partial charge in [0.15, 0.2) is 0 Å². The molecule has 56 valence electrons. The lowest BCUT2D eigenvalue weighted by atomic mass is 10.2. The fourth-order valence-corrected chi connectivity index (χ4v) is 1.50. The van der Waals surface area contributed by atoms with E-state index in [2.05, 4.69) is 18.9 Å². The SMILES string of the molecule is C.CCC1CCCN1C. The highest BCUT2D eigenvalue weighted by atomic mass is 15.1. The van der Waals surface area contributed by atoms with Gasteiger partial charge in [-0.25, -0.2) is 0 Å². The Hall–Kier alpha value is -0.0400. The first-order valence-corrected chi connectivity index (χ1v) is 3.55. The molecule has 1 aliphatic rings. The van der Waals surface area contributed by atoms with E-state index >= 15 is 0 Å². The lowest BCUT2D eigenvalue weighted by Gasteiger charge is -2.16. The molecule has 1 saturated heterocycles. The maximum Gasteiger partial charge on any atom is 0.00900 e. The van der Waals surface area contributed by atoms with Crippen LogP contribution in [0.4, 0.5) is 0 Å². The predicted molar refractivity (Wildman–Crippen MR) is 42.7 cm³/mol. The zero-order valence-corrected chi connectivity index (χ0v) is 5.85. The highest BCUT2D eigenvalue weighted by molar-refractivity contribution is 4.73. The van der Waals surface area contributed by atoms with E-state index < -0.39 is 0 Å². The van der Waals surface area contributed by atoms with Gasteiger partial charge in [-0.1, -0.05) is 14.4 Å². The van der Waals surface area contributed by atoms with Crippen molar-refractivity contribution in [3.8, 4) is 0 Å². The first-order valence-electron chi connectivity index (χ1n) is 3.55. The van der Waals surface area contributed by atoms with Gasteiger partial charge in [-0.15, -0.1) is 0 Å². The second kappa shape index (κ2) is 3.89. The summed E-state index contributed by atoms with van der Waals surface area (Å²) in [5.41, 5.74) is 0. The number of hydrogen-bond acceptors (Lipinski definition) is 1. The van der Waals surface area contributed by atoms with Crippen LogP contribution in [-0.4, -0.2) is 24.5 Å². The molecule has 0 spiro atoms. The van der Waals surface area contributed by atoms with E-state index in [9.17, 15) is 0 Å². The van der Waals surface area contributed by atoms with Crippen molar-refractivity contribution in [1.29, 1.82) is 0 Å². The molecule has 0 aromatic carbocycles. The number of rotatable bonds is 1. The summed E-state index contributed by atoms with van der Waals surface area (Å²) in [6.07, 6.45) is 4.17. The van der Waals surface area contributed by atoms with E-state index in [1.165, 1.54) is 25.8 Å². The van der Waals surface area contributed by atoms with E-state index in [0.29, 0.717) is 0 Å². The summed E-state index contributed by atoms with van der Waals surface area (Å²) in [4.78, 5) is 2.46. The molecular formula is C8H19N. The molecule has 9 heavy (non-hydrogen) atoms. The fraction of sp³-hybridized carbons (Fsp3) is 1.00. The molecule has 1 heteroatoms. The van der Waals surface area contributed by atoms with Crippen molar-refractivity contribution in [1.82, 2.24) is 4.90 Å². The van der Waals surface area contributed by atoms with Gasteiger partial charge in [0, 0.05) is 6.04 Å². The number of nitrogens with zero attached hydrogens (tertiary/aromatic N) is 1. The van der Waals surface area contributed by atoms with Gasteiger partial charge >= 0.3 is 0 Å². The third-order valence-corrected chi connectivity index (χ3v) is 2.14. The Labute approximate surface area is 59.1 Å². The minimum absolute atomic E-state index is 0. The first kappa shape index (κ1) is 8.96. The van der Waals surface area contributed by atoms with Crippen LogP contribution in [0.15, 0.2) is 0 Å². The molecule has 0 radical (unpaired) electrons. The highest BCUT2D eigenvalue weighted by Crippen LogP contribution is 2.16. The van der Waals surface area contributed by atoms with Crippen molar-refractivity contribution in [2.45, 2.75) is 39.7 Å². The zero-order chi connectivity index (χ0) is 5.98.